The second-order valence-corrected chi connectivity index (χ2v) is 7.63. The lowest BCUT2D eigenvalue weighted by atomic mass is 9.88. The average molecular weight is 436 g/mol. The molecule has 1 aliphatic rings. The van der Waals surface area contributed by atoms with Gasteiger partial charge < -0.3 is 24.8 Å². The van der Waals surface area contributed by atoms with Crippen LogP contribution in [0.25, 0.3) is 0 Å². The van der Waals surface area contributed by atoms with Crippen LogP contribution < -0.4 is 4.74 Å². The SMILES string of the molecule is CCOc1ccc(Cc2cc([C@H]3[C@H](O)[C@@H](O)[C@H](O)CN3C(=O)OC)ccc2Cl)cc1. The summed E-state index contributed by atoms with van der Waals surface area (Å²) in [7, 11) is 1.22. The minimum atomic E-state index is -1.39. The standard InChI is InChI=1S/C22H26ClNO6/c1-3-30-16-7-4-13(5-8-16)10-15-11-14(6-9-17(15)23)19-21(27)20(26)18(25)12-24(19)22(28)29-2/h4-9,11,18-21,25-27H,3,10,12H2,1-2H3/t18-,19+,20+,21+/m1/s1. The van der Waals surface area contributed by atoms with Crippen LogP contribution in [0.4, 0.5) is 4.79 Å². The Hall–Kier alpha value is -2.32. The highest BCUT2D eigenvalue weighted by Gasteiger charge is 2.44. The molecule has 0 bridgehead atoms. The number of halogens is 1. The van der Waals surface area contributed by atoms with Crippen molar-refractivity contribution in [3.63, 3.8) is 0 Å². The molecule has 7 nitrogen and oxygen atoms in total. The van der Waals surface area contributed by atoms with Crippen molar-refractivity contribution in [1.29, 1.82) is 0 Å². The number of carbonyl (C=O) groups excluding carboxylic acids is 1. The highest BCUT2D eigenvalue weighted by atomic mass is 35.5. The molecule has 3 rings (SSSR count). The van der Waals surface area contributed by atoms with Crippen molar-refractivity contribution in [2.75, 3.05) is 20.3 Å². The molecule has 0 saturated carbocycles. The molecule has 1 amide bonds. The maximum absolute atomic E-state index is 12.2. The van der Waals surface area contributed by atoms with Crippen molar-refractivity contribution in [3.8, 4) is 5.75 Å². The van der Waals surface area contributed by atoms with E-state index in [1.807, 2.05) is 31.2 Å². The molecule has 2 aromatic rings. The predicted octanol–water partition coefficient (Wildman–Crippen LogP) is 2.54. The first-order chi connectivity index (χ1) is 14.3. The second-order valence-electron chi connectivity index (χ2n) is 7.22. The molecule has 30 heavy (non-hydrogen) atoms. The van der Waals surface area contributed by atoms with E-state index >= 15 is 0 Å². The van der Waals surface area contributed by atoms with E-state index in [0.29, 0.717) is 23.6 Å². The minimum absolute atomic E-state index is 0.160. The number of aliphatic hydroxyl groups excluding tert-OH is 3. The first-order valence-electron chi connectivity index (χ1n) is 9.74. The number of benzene rings is 2. The van der Waals surface area contributed by atoms with Crippen molar-refractivity contribution in [2.24, 2.45) is 0 Å². The highest BCUT2D eigenvalue weighted by Crippen LogP contribution is 2.34. The van der Waals surface area contributed by atoms with Crippen LogP contribution in [0.5, 0.6) is 5.75 Å². The molecule has 0 spiro atoms. The van der Waals surface area contributed by atoms with Gasteiger partial charge in [0.05, 0.1) is 26.3 Å². The summed E-state index contributed by atoms with van der Waals surface area (Å²) in [4.78, 5) is 13.5. The topological polar surface area (TPSA) is 99.5 Å². The van der Waals surface area contributed by atoms with E-state index in [2.05, 4.69) is 0 Å². The second kappa shape index (κ2) is 9.66. The Kier molecular flexibility index (Phi) is 7.20. The summed E-state index contributed by atoms with van der Waals surface area (Å²) in [6.07, 6.45) is -4.21. The summed E-state index contributed by atoms with van der Waals surface area (Å²) in [5.41, 5.74) is 2.40. The molecule has 0 radical (unpaired) electrons. The predicted molar refractivity (Wildman–Crippen MR) is 112 cm³/mol. The number of amides is 1. The molecule has 1 saturated heterocycles. The normalized spacial score (nSPS) is 23.9. The molecule has 2 aromatic carbocycles. The summed E-state index contributed by atoms with van der Waals surface area (Å²) >= 11 is 6.40. The Labute approximate surface area is 180 Å². The Morgan fingerprint density at radius 1 is 1.13 bits per heavy atom. The Bertz CT molecular complexity index is 874. The maximum Gasteiger partial charge on any atom is 0.410 e. The van der Waals surface area contributed by atoms with Gasteiger partial charge in [-0.3, -0.25) is 4.90 Å². The number of nitrogens with zero attached hydrogens (tertiary/aromatic N) is 1. The summed E-state index contributed by atoms with van der Waals surface area (Å²) in [6, 6.07) is 12.0. The zero-order valence-corrected chi connectivity index (χ0v) is 17.6. The molecule has 0 unspecified atom stereocenters. The van der Waals surface area contributed by atoms with Gasteiger partial charge in [-0.2, -0.15) is 0 Å². The lowest BCUT2D eigenvalue weighted by Gasteiger charge is -2.43. The van der Waals surface area contributed by atoms with Gasteiger partial charge in [-0.15, -0.1) is 0 Å². The van der Waals surface area contributed by atoms with Crippen LogP contribution in [0.2, 0.25) is 5.02 Å². The van der Waals surface area contributed by atoms with Gasteiger partial charge in [0.1, 0.15) is 24.1 Å². The van der Waals surface area contributed by atoms with E-state index in [4.69, 9.17) is 21.1 Å². The van der Waals surface area contributed by atoms with Crippen LogP contribution in [0, 0.1) is 0 Å². The monoisotopic (exact) mass is 435 g/mol. The fraction of sp³-hybridized carbons (Fsp3) is 0.409. The zero-order valence-electron chi connectivity index (χ0n) is 16.9. The third-order valence-electron chi connectivity index (χ3n) is 5.24. The number of rotatable bonds is 5. The largest absolute Gasteiger partial charge is 0.494 e. The van der Waals surface area contributed by atoms with Crippen LogP contribution in [0.1, 0.15) is 29.7 Å². The summed E-state index contributed by atoms with van der Waals surface area (Å²) in [5, 5.41) is 31.3. The Balaban J connectivity index is 1.91. The Morgan fingerprint density at radius 3 is 2.47 bits per heavy atom. The molecular formula is C22H26ClNO6. The van der Waals surface area contributed by atoms with Gasteiger partial charge in [0.25, 0.3) is 0 Å². The molecule has 4 atom stereocenters. The lowest BCUT2D eigenvalue weighted by molar-refractivity contribution is -0.131. The molecule has 0 aromatic heterocycles. The van der Waals surface area contributed by atoms with Gasteiger partial charge in [-0.05, 0) is 48.2 Å². The smallest absolute Gasteiger partial charge is 0.410 e. The number of hydrogen-bond acceptors (Lipinski definition) is 6. The van der Waals surface area contributed by atoms with E-state index in [1.54, 1.807) is 18.2 Å². The van der Waals surface area contributed by atoms with Crippen LogP contribution in [-0.4, -0.2) is 64.9 Å². The highest BCUT2D eigenvalue weighted by molar-refractivity contribution is 6.31. The van der Waals surface area contributed by atoms with E-state index in [0.717, 1.165) is 16.9 Å². The first kappa shape index (κ1) is 22.4. The third-order valence-corrected chi connectivity index (χ3v) is 5.61. The molecule has 1 aliphatic heterocycles. The quantitative estimate of drug-likeness (QED) is 0.667. The van der Waals surface area contributed by atoms with Crippen LogP contribution in [-0.2, 0) is 11.2 Å². The lowest BCUT2D eigenvalue weighted by Crippen LogP contribution is -2.58. The van der Waals surface area contributed by atoms with E-state index in [1.165, 1.54) is 12.0 Å². The molecule has 162 valence electrons. The molecule has 3 N–H and O–H groups in total. The van der Waals surface area contributed by atoms with Crippen LogP contribution >= 0.6 is 11.6 Å². The van der Waals surface area contributed by atoms with E-state index < -0.39 is 30.4 Å². The third kappa shape index (κ3) is 4.70. The van der Waals surface area contributed by atoms with E-state index in [-0.39, 0.29) is 6.54 Å². The van der Waals surface area contributed by atoms with Gasteiger partial charge in [-0.25, -0.2) is 4.79 Å². The van der Waals surface area contributed by atoms with Crippen LogP contribution in [0.3, 0.4) is 0 Å². The number of aliphatic hydroxyl groups is 3. The van der Waals surface area contributed by atoms with Gasteiger partial charge in [0.15, 0.2) is 0 Å². The van der Waals surface area contributed by atoms with E-state index in [9.17, 15) is 20.1 Å². The van der Waals surface area contributed by atoms with Crippen molar-refractivity contribution in [2.45, 2.75) is 37.7 Å². The number of hydrogen-bond donors (Lipinski definition) is 3. The molecule has 8 heteroatoms. The molecule has 1 heterocycles. The number of β-amino-alcohol motifs (C(OH)–C–C–N with tert-alkyl or cyclic N) is 1. The molecule has 1 fully saturated rings. The number of methoxy groups -OCH3 is 1. The van der Waals surface area contributed by atoms with Gasteiger partial charge in [0, 0.05) is 5.02 Å². The number of piperidine rings is 1. The van der Waals surface area contributed by atoms with Gasteiger partial charge in [-0.1, -0.05) is 35.9 Å². The summed E-state index contributed by atoms with van der Waals surface area (Å²) in [6.45, 7) is 2.35. The average Bonchev–Trinajstić information content (AvgIpc) is 2.74. The summed E-state index contributed by atoms with van der Waals surface area (Å²) in [5.74, 6) is 0.785. The minimum Gasteiger partial charge on any atom is -0.494 e. The molecular weight excluding hydrogens is 410 g/mol. The van der Waals surface area contributed by atoms with Crippen molar-refractivity contribution in [3.05, 3.63) is 64.2 Å². The first-order valence-corrected chi connectivity index (χ1v) is 10.1. The number of carbonyl (C=O) groups is 1. The zero-order chi connectivity index (χ0) is 21.8. The van der Waals surface area contributed by atoms with Crippen molar-refractivity contribution < 1.29 is 29.6 Å². The van der Waals surface area contributed by atoms with Gasteiger partial charge in [0.2, 0.25) is 0 Å². The number of likely N-dealkylation sites (tertiary alicyclic amines) is 1. The fourth-order valence-electron chi connectivity index (χ4n) is 3.71. The Morgan fingerprint density at radius 2 is 1.83 bits per heavy atom. The van der Waals surface area contributed by atoms with Crippen molar-refractivity contribution in [1.82, 2.24) is 4.90 Å². The van der Waals surface area contributed by atoms with Crippen molar-refractivity contribution >= 4 is 17.7 Å². The fourth-order valence-corrected chi connectivity index (χ4v) is 3.89. The number of ether oxygens (including phenoxy) is 2. The summed E-state index contributed by atoms with van der Waals surface area (Å²) < 4.78 is 10.3. The molecule has 0 aliphatic carbocycles. The maximum atomic E-state index is 12.2. The van der Waals surface area contributed by atoms with Gasteiger partial charge >= 0.3 is 6.09 Å². The van der Waals surface area contributed by atoms with Crippen LogP contribution in [0.15, 0.2) is 42.5 Å².